The minimum Gasteiger partial charge on any atom is -0.200 e. The Morgan fingerprint density at radius 1 is 0.433 bits per heavy atom. The van der Waals surface area contributed by atoms with E-state index in [4.69, 9.17) is 0 Å². The van der Waals surface area contributed by atoms with Gasteiger partial charge in [0.15, 0.2) is 0 Å². The summed E-state index contributed by atoms with van der Waals surface area (Å²) in [6.45, 7) is 2.07. The highest BCUT2D eigenvalue weighted by molar-refractivity contribution is 5.15. The molecule has 0 spiro atoms. The van der Waals surface area contributed by atoms with Crippen LogP contribution in [0.1, 0.15) is 26.7 Å². The number of hydrogen-bond acceptors (Lipinski definition) is 0. The Balaban J connectivity index is 6.55. The summed E-state index contributed by atoms with van der Waals surface area (Å²) in [5.41, 5.74) is 0. The highest BCUT2D eigenvalue weighted by atomic mass is 19.4. The number of alkyl halides is 17. The smallest absolute Gasteiger partial charge is 0.200 e. The van der Waals surface area contributed by atoms with Gasteiger partial charge < -0.3 is 0 Å². The molecule has 0 saturated heterocycles. The zero-order chi connectivity index (χ0) is 25.0. The molecule has 0 aliphatic heterocycles. The largest absolute Gasteiger partial charge is 0.460 e. The molecule has 0 heterocycles. The molecule has 0 rings (SSSR count). The van der Waals surface area contributed by atoms with E-state index >= 15 is 0 Å². The Hall–Kier alpha value is -1.19. The first-order valence-electron chi connectivity index (χ1n) is 7.38. The molecule has 0 aliphatic carbocycles. The zero-order valence-corrected chi connectivity index (χ0v) is 14.4. The fourth-order valence-electron chi connectivity index (χ4n) is 1.82. The zero-order valence-electron chi connectivity index (χ0n) is 14.4. The van der Waals surface area contributed by atoms with Crippen LogP contribution in [-0.2, 0) is 0 Å². The molecule has 0 saturated carbocycles. The van der Waals surface area contributed by atoms with Crippen LogP contribution >= 0.6 is 0 Å². The molecule has 0 bridgehead atoms. The first-order valence-corrected chi connectivity index (χ1v) is 7.38. The molecule has 182 valence electrons. The van der Waals surface area contributed by atoms with E-state index in [9.17, 15) is 74.6 Å². The molecular weight excluding hydrogens is 479 g/mol. The van der Waals surface area contributed by atoms with Gasteiger partial charge in [-0.05, 0) is 12.3 Å². The fourth-order valence-corrected chi connectivity index (χ4v) is 1.82. The minimum absolute atomic E-state index is 0.975. The lowest BCUT2D eigenvalue weighted by molar-refractivity contribution is -0.461. The van der Waals surface area contributed by atoms with E-state index < -0.39 is 66.4 Å². The van der Waals surface area contributed by atoms with Crippen molar-refractivity contribution in [2.75, 3.05) is 0 Å². The van der Waals surface area contributed by atoms with Crippen LogP contribution in [0.4, 0.5) is 74.6 Å². The summed E-state index contributed by atoms with van der Waals surface area (Å²) in [5.74, 6) is -56.7. The van der Waals surface area contributed by atoms with Gasteiger partial charge in [-0.25, -0.2) is 0 Å². The van der Waals surface area contributed by atoms with Gasteiger partial charge in [-0.15, -0.1) is 0 Å². The Morgan fingerprint density at radius 3 is 0.967 bits per heavy atom. The Bertz CT molecular complexity index is 597. The van der Waals surface area contributed by atoms with Crippen molar-refractivity contribution in [2.24, 2.45) is 5.92 Å². The highest BCUT2D eigenvalue weighted by Gasteiger charge is 2.95. The third-order valence-electron chi connectivity index (χ3n) is 3.82. The standard InChI is InChI=1S/C13H11F17/c1-5(2)3-4-6(14,15)7(16,17)8(18,19)9(20,21)10(22,23)11(24,25)12(26,27)13(28,29)30/h5H,3-4H2,1-2H3. The predicted octanol–water partition coefficient (Wildman–Crippen LogP) is 7.43. The fraction of sp³-hybridized carbons (Fsp3) is 1.00. The van der Waals surface area contributed by atoms with Crippen LogP contribution in [0.3, 0.4) is 0 Å². The third-order valence-corrected chi connectivity index (χ3v) is 3.82. The van der Waals surface area contributed by atoms with E-state index in [2.05, 4.69) is 0 Å². The van der Waals surface area contributed by atoms with Gasteiger partial charge in [0.25, 0.3) is 0 Å². The highest BCUT2D eigenvalue weighted by Crippen LogP contribution is 2.64. The van der Waals surface area contributed by atoms with Crippen LogP contribution in [-0.4, -0.2) is 47.6 Å². The third kappa shape index (κ3) is 3.88. The summed E-state index contributed by atoms with van der Waals surface area (Å²) < 4.78 is 220. The molecule has 0 aromatic rings. The van der Waals surface area contributed by atoms with Crippen molar-refractivity contribution in [3.05, 3.63) is 0 Å². The van der Waals surface area contributed by atoms with Crippen molar-refractivity contribution in [1.29, 1.82) is 0 Å². The van der Waals surface area contributed by atoms with Crippen molar-refractivity contribution < 1.29 is 74.6 Å². The van der Waals surface area contributed by atoms with Gasteiger partial charge in [-0.2, -0.15) is 74.6 Å². The van der Waals surface area contributed by atoms with E-state index in [1.165, 1.54) is 0 Å². The van der Waals surface area contributed by atoms with Gasteiger partial charge >= 0.3 is 47.6 Å². The summed E-state index contributed by atoms with van der Waals surface area (Å²) in [7, 11) is 0. The van der Waals surface area contributed by atoms with Gasteiger partial charge in [-0.3, -0.25) is 0 Å². The van der Waals surface area contributed by atoms with Crippen molar-refractivity contribution in [3.8, 4) is 0 Å². The van der Waals surface area contributed by atoms with Gasteiger partial charge in [0.1, 0.15) is 0 Å². The summed E-state index contributed by atoms with van der Waals surface area (Å²) in [5, 5.41) is 0. The first-order chi connectivity index (χ1) is 12.7. The maximum Gasteiger partial charge on any atom is 0.460 e. The van der Waals surface area contributed by atoms with E-state index in [1.807, 2.05) is 0 Å². The maximum absolute atomic E-state index is 13.4. The van der Waals surface area contributed by atoms with Crippen molar-refractivity contribution in [1.82, 2.24) is 0 Å². The Morgan fingerprint density at radius 2 is 0.700 bits per heavy atom. The Kier molecular flexibility index (Phi) is 7.15. The van der Waals surface area contributed by atoms with E-state index in [-0.39, 0.29) is 0 Å². The molecule has 0 fully saturated rings. The normalized spacial score (nSPS) is 16.4. The number of hydrogen-bond donors (Lipinski definition) is 0. The van der Waals surface area contributed by atoms with Crippen LogP contribution in [0.15, 0.2) is 0 Å². The molecule has 0 aliphatic rings. The first kappa shape index (κ1) is 28.8. The molecule has 0 nitrogen and oxygen atoms in total. The molecular formula is C13H11F17. The quantitative estimate of drug-likeness (QED) is 0.295. The molecule has 0 aromatic heterocycles. The van der Waals surface area contributed by atoms with Gasteiger partial charge in [-0.1, -0.05) is 13.8 Å². The second-order valence-electron chi connectivity index (χ2n) is 6.58. The lowest BCUT2D eigenvalue weighted by Crippen LogP contribution is -2.74. The predicted molar refractivity (Wildman–Crippen MR) is 64.8 cm³/mol. The number of halogens is 17. The van der Waals surface area contributed by atoms with Crippen LogP contribution in [0.5, 0.6) is 0 Å². The second kappa shape index (κ2) is 7.45. The van der Waals surface area contributed by atoms with Crippen molar-refractivity contribution in [3.63, 3.8) is 0 Å². The van der Waals surface area contributed by atoms with Crippen molar-refractivity contribution in [2.45, 2.75) is 74.3 Å². The average Bonchev–Trinajstić information content (AvgIpc) is 2.50. The van der Waals surface area contributed by atoms with Crippen LogP contribution in [0.25, 0.3) is 0 Å². The van der Waals surface area contributed by atoms with Crippen LogP contribution in [0, 0.1) is 5.92 Å². The Labute approximate surface area is 156 Å². The summed E-state index contributed by atoms with van der Waals surface area (Å²) in [6.07, 6.45) is -11.2. The number of rotatable bonds is 9. The van der Waals surface area contributed by atoms with Crippen LogP contribution < -0.4 is 0 Å². The summed E-state index contributed by atoms with van der Waals surface area (Å²) in [6, 6.07) is 0. The summed E-state index contributed by atoms with van der Waals surface area (Å²) >= 11 is 0. The monoisotopic (exact) mass is 490 g/mol. The van der Waals surface area contributed by atoms with Crippen LogP contribution in [0.2, 0.25) is 0 Å². The second-order valence-corrected chi connectivity index (χ2v) is 6.58. The molecule has 0 radical (unpaired) electrons. The van der Waals surface area contributed by atoms with Gasteiger partial charge in [0.2, 0.25) is 0 Å². The average molecular weight is 490 g/mol. The SMILES string of the molecule is CC(C)CCC(F)(F)C(F)(F)C(F)(F)C(F)(F)C(F)(F)C(F)(F)C(F)(F)C(F)(F)F. The van der Waals surface area contributed by atoms with E-state index in [1.54, 1.807) is 0 Å². The lowest BCUT2D eigenvalue weighted by atomic mass is 9.87. The maximum atomic E-state index is 13.4. The van der Waals surface area contributed by atoms with Gasteiger partial charge in [0.05, 0.1) is 0 Å². The molecule has 0 unspecified atom stereocenters. The topological polar surface area (TPSA) is 0 Å². The molecule has 0 N–H and O–H groups in total. The molecule has 17 heteroatoms. The molecule has 0 atom stereocenters. The lowest BCUT2D eigenvalue weighted by Gasteiger charge is -2.42. The molecule has 0 aromatic carbocycles. The molecule has 0 amide bonds. The summed E-state index contributed by atoms with van der Waals surface area (Å²) in [4.78, 5) is 0. The minimum atomic E-state index is -8.57. The molecule has 30 heavy (non-hydrogen) atoms. The van der Waals surface area contributed by atoms with Gasteiger partial charge in [0, 0.05) is 6.42 Å². The van der Waals surface area contributed by atoms with E-state index in [0.717, 1.165) is 13.8 Å². The van der Waals surface area contributed by atoms with Crippen molar-refractivity contribution >= 4 is 0 Å². The van der Waals surface area contributed by atoms with E-state index in [0.29, 0.717) is 0 Å².